The third kappa shape index (κ3) is 2.22. The van der Waals surface area contributed by atoms with Gasteiger partial charge in [-0.1, -0.05) is 6.07 Å². The summed E-state index contributed by atoms with van der Waals surface area (Å²) in [5, 5.41) is 3.28. The van der Waals surface area contributed by atoms with E-state index in [1.165, 1.54) is 29.3 Å². The number of rotatable bonds is 3. The molecule has 0 unspecified atom stereocenters. The highest BCUT2D eigenvalue weighted by Crippen LogP contribution is 2.28. The van der Waals surface area contributed by atoms with Gasteiger partial charge in [-0.25, -0.2) is 0 Å². The highest BCUT2D eigenvalue weighted by molar-refractivity contribution is 7.99. The van der Waals surface area contributed by atoms with E-state index in [0.29, 0.717) is 0 Å². The van der Waals surface area contributed by atoms with Crippen LogP contribution in [0.25, 0.3) is 0 Å². The molecule has 0 aliphatic carbocycles. The lowest BCUT2D eigenvalue weighted by Crippen LogP contribution is -2.43. The van der Waals surface area contributed by atoms with E-state index >= 15 is 0 Å². The van der Waals surface area contributed by atoms with Crippen molar-refractivity contribution in [2.45, 2.75) is 11.8 Å². The number of nitrogens with one attached hydrogen (secondary N) is 1. The van der Waals surface area contributed by atoms with Gasteiger partial charge in [0.25, 0.3) is 0 Å². The average Bonchev–Trinajstić information content (AvgIpc) is 2.08. The van der Waals surface area contributed by atoms with Crippen LogP contribution in [-0.4, -0.2) is 18.8 Å². The van der Waals surface area contributed by atoms with Crippen molar-refractivity contribution < 1.29 is 0 Å². The van der Waals surface area contributed by atoms with E-state index in [2.05, 4.69) is 24.4 Å². The summed E-state index contributed by atoms with van der Waals surface area (Å²) in [4.78, 5) is 1.23. The molecule has 2 nitrogen and oxygen atoms in total. The Bertz CT molecular complexity index is 321. The van der Waals surface area contributed by atoms with Crippen LogP contribution in [0.15, 0.2) is 23.1 Å². The van der Waals surface area contributed by atoms with Crippen molar-refractivity contribution in [1.29, 1.82) is 0 Å². The zero-order valence-corrected chi connectivity index (χ0v) is 9.23. The summed E-state index contributed by atoms with van der Waals surface area (Å²) in [7, 11) is 0. The molecule has 0 radical (unpaired) electrons. The van der Waals surface area contributed by atoms with E-state index in [4.69, 9.17) is 5.73 Å². The smallest absolute Gasteiger partial charge is 0.0452 e. The molecule has 1 aliphatic rings. The molecule has 76 valence electrons. The van der Waals surface area contributed by atoms with Crippen LogP contribution in [-0.2, 0) is 0 Å². The second-order valence-corrected chi connectivity index (χ2v) is 4.94. The lowest BCUT2D eigenvalue weighted by Gasteiger charge is -2.26. The molecule has 0 amide bonds. The Morgan fingerprint density at radius 3 is 2.93 bits per heavy atom. The van der Waals surface area contributed by atoms with Crippen LogP contribution in [0.5, 0.6) is 0 Å². The molecule has 1 heterocycles. The van der Waals surface area contributed by atoms with Crippen LogP contribution in [0.1, 0.15) is 5.56 Å². The number of hydrogen-bond acceptors (Lipinski definition) is 3. The van der Waals surface area contributed by atoms with E-state index in [1.807, 2.05) is 17.8 Å². The van der Waals surface area contributed by atoms with Crippen LogP contribution < -0.4 is 11.1 Å². The number of hydrogen-bond donors (Lipinski definition) is 2. The number of aryl methyl sites for hydroxylation is 1. The van der Waals surface area contributed by atoms with Gasteiger partial charge in [0, 0.05) is 16.3 Å². The number of benzene rings is 1. The fourth-order valence-corrected chi connectivity index (χ4v) is 2.60. The predicted octanol–water partition coefficient (Wildman–Crippen LogP) is 1.89. The fraction of sp³-hybridized carbons (Fsp3) is 0.455. The minimum Gasteiger partial charge on any atom is -0.398 e. The Balaban J connectivity index is 1.96. The Hall–Kier alpha value is -0.670. The van der Waals surface area contributed by atoms with Crippen LogP contribution in [0.3, 0.4) is 0 Å². The molecule has 1 aromatic rings. The molecular formula is C11H16N2S. The van der Waals surface area contributed by atoms with Gasteiger partial charge in [0.15, 0.2) is 0 Å². The van der Waals surface area contributed by atoms with Gasteiger partial charge in [-0.15, -0.1) is 11.8 Å². The van der Waals surface area contributed by atoms with E-state index in [-0.39, 0.29) is 0 Å². The maximum absolute atomic E-state index is 5.90. The SMILES string of the molecule is Cc1ccc(N)c(SCC2CNC2)c1. The number of nitrogens with two attached hydrogens (primary N) is 1. The summed E-state index contributed by atoms with van der Waals surface area (Å²) in [6.07, 6.45) is 0. The maximum atomic E-state index is 5.90. The first-order chi connectivity index (χ1) is 6.75. The third-order valence-electron chi connectivity index (χ3n) is 2.51. The molecule has 0 spiro atoms. The Labute approximate surface area is 89.3 Å². The molecule has 0 atom stereocenters. The van der Waals surface area contributed by atoms with Crippen LogP contribution in [0.4, 0.5) is 5.69 Å². The van der Waals surface area contributed by atoms with Crippen molar-refractivity contribution in [2.24, 2.45) is 5.92 Å². The van der Waals surface area contributed by atoms with Crippen molar-refractivity contribution in [3.8, 4) is 0 Å². The molecule has 1 saturated heterocycles. The third-order valence-corrected chi connectivity index (χ3v) is 3.81. The van der Waals surface area contributed by atoms with Gasteiger partial charge in [0.2, 0.25) is 0 Å². The van der Waals surface area contributed by atoms with Gasteiger partial charge in [0.1, 0.15) is 0 Å². The van der Waals surface area contributed by atoms with Crippen molar-refractivity contribution in [3.05, 3.63) is 23.8 Å². The van der Waals surface area contributed by atoms with Crippen LogP contribution >= 0.6 is 11.8 Å². The molecule has 0 saturated carbocycles. The summed E-state index contributed by atoms with van der Waals surface area (Å²) in [6, 6.07) is 6.23. The summed E-state index contributed by atoms with van der Waals surface area (Å²) in [6.45, 7) is 4.44. The van der Waals surface area contributed by atoms with Crippen molar-refractivity contribution >= 4 is 17.4 Å². The lowest BCUT2D eigenvalue weighted by molar-refractivity contribution is 0.385. The van der Waals surface area contributed by atoms with Gasteiger partial charge >= 0.3 is 0 Å². The van der Waals surface area contributed by atoms with Crippen LogP contribution in [0, 0.1) is 12.8 Å². The molecule has 1 aliphatic heterocycles. The largest absolute Gasteiger partial charge is 0.398 e. The summed E-state index contributed by atoms with van der Waals surface area (Å²) < 4.78 is 0. The predicted molar refractivity (Wildman–Crippen MR) is 62.7 cm³/mol. The molecular weight excluding hydrogens is 192 g/mol. The fourth-order valence-electron chi connectivity index (χ4n) is 1.44. The lowest BCUT2D eigenvalue weighted by atomic mass is 10.1. The first-order valence-corrected chi connectivity index (χ1v) is 5.94. The first-order valence-electron chi connectivity index (χ1n) is 4.95. The van der Waals surface area contributed by atoms with Crippen LogP contribution in [0.2, 0.25) is 0 Å². The maximum Gasteiger partial charge on any atom is 0.0452 e. The second kappa shape index (κ2) is 4.24. The molecule has 3 heteroatoms. The van der Waals surface area contributed by atoms with Crippen molar-refractivity contribution in [2.75, 3.05) is 24.6 Å². The molecule has 2 rings (SSSR count). The molecule has 14 heavy (non-hydrogen) atoms. The van der Waals surface area contributed by atoms with Crippen molar-refractivity contribution in [1.82, 2.24) is 5.32 Å². The highest BCUT2D eigenvalue weighted by atomic mass is 32.2. The van der Waals surface area contributed by atoms with E-state index < -0.39 is 0 Å². The molecule has 0 bridgehead atoms. The zero-order chi connectivity index (χ0) is 9.97. The number of thioether (sulfide) groups is 1. The van der Waals surface area contributed by atoms with Gasteiger partial charge in [0.05, 0.1) is 0 Å². The minimum absolute atomic E-state index is 0.833. The average molecular weight is 208 g/mol. The second-order valence-electron chi connectivity index (χ2n) is 3.88. The van der Waals surface area contributed by atoms with Gasteiger partial charge in [-0.2, -0.15) is 0 Å². The van der Waals surface area contributed by atoms with Gasteiger partial charge < -0.3 is 11.1 Å². The van der Waals surface area contributed by atoms with E-state index in [0.717, 1.165) is 11.6 Å². The van der Waals surface area contributed by atoms with E-state index in [1.54, 1.807) is 0 Å². The number of anilines is 1. The summed E-state index contributed by atoms with van der Waals surface area (Å²) in [5.74, 6) is 2.01. The number of nitrogen functional groups attached to an aromatic ring is 1. The summed E-state index contributed by atoms with van der Waals surface area (Å²) >= 11 is 1.88. The topological polar surface area (TPSA) is 38.0 Å². The van der Waals surface area contributed by atoms with Gasteiger partial charge in [-0.05, 0) is 43.6 Å². The minimum atomic E-state index is 0.833. The zero-order valence-electron chi connectivity index (χ0n) is 8.42. The molecule has 1 fully saturated rings. The normalized spacial score (nSPS) is 16.6. The Morgan fingerprint density at radius 1 is 1.50 bits per heavy atom. The molecule has 1 aromatic carbocycles. The first kappa shape index (κ1) is 9.87. The summed E-state index contributed by atoms with van der Waals surface area (Å²) in [5.41, 5.74) is 8.09. The standard InChI is InChI=1S/C11H16N2S/c1-8-2-3-10(12)11(4-8)14-7-9-5-13-6-9/h2-4,9,13H,5-7,12H2,1H3. The molecule has 3 N–H and O–H groups in total. The Kier molecular flexibility index (Phi) is 2.99. The van der Waals surface area contributed by atoms with Gasteiger partial charge in [-0.3, -0.25) is 0 Å². The molecule has 0 aromatic heterocycles. The monoisotopic (exact) mass is 208 g/mol. The van der Waals surface area contributed by atoms with Crippen molar-refractivity contribution in [3.63, 3.8) is 0 Å². The van der Waals surface area contributed by atoms with E-state index in [9.17, 15) is 0 Å². The highest BCUT2D eigenvalue weighted by Gasteiger charge is 2.16. The quantitative estimate of drug-likeness (QED) is 0.588. The Morgan fingerprint density at radius 2 is 2.29 bits per heavy atom.